The molecule has 0 fully saturated rings. The van der Waals surface area contributed by atoms with Gasteiger partial charge in [-0.05, 0) is 19.4 Å². The van der Waals surface area contributed by atoms with E-state index in [4.69, 9.17) is 4.74 Å². The molecule has 0 atom stereocenters. The molecule has 6 nitrogen and oxygen atoms in total. The van der Waals surface area contributed by atoms with Gasteiger partial charge < -0.3 is 4.74 Å². The van der Waals surface area contributed by atoms with E-state index in [0.29, 0.717) is 12.4 Å². The van der Waals surface area contributed by atoms with Crippen molar-refractivity contribution in [3.8, 4) is 0 Å². The maximum atomic E-state index is 12.7. The summed E-state index contributed by atoms with van der Waals surface area (Å²) >= 11 is 1.55. The summed E-state index contributed by atoms with van der Waals surface area (Å²) in [6.45, 7) is 4.66. The van der Waals surface area contributed by atoms with Crippen LogP contribution in [0.2, 0.25) is 0 Å². The van der Waals surface area contributed by atoms with E-state index in [0.717, 1.165) is 27.1 Å². The fourth-order valence-corrected chi connectivity index (χ4v) is 3.80. The van der Waals surface area contributed by atoms with Gasteiger partial charge in [-0.3, -0.25) is 4.79 Å². The van der Waals surface area contributed by atoms with Gasteiger partial charge in [-0.1, -0.05) is 0 Å². The summed E-state index contributed by atoms with van der Waals surface area (Å²) in [5, 5.41) is 4.83. The molecule has 0 saturated heterocycles. The van der Waals surface area contributed by atoms with Gasteiger partial charge in [-0.25, -0.2) is 14.1 Å². The fourth-order valence-electron chi connectivity index (χ4n) is 2.71. The number of fused-ring (bicyclic) bond motifs is 4. The second-order valence-electron chi connectivity index (χ2n) is 5.75. The summed E-state index contributed by atoms with van der Waals surface area (Å²) in [6, 6.07) is 0. The highest BCUT2D eigenvalue weighted by atomic mass is 32.1. The first-order chi connectivity index (χ1) is 9.46. The number of aryl methyl sites for hydroxylation is 1. The van der Waals surface area contributed by atoms with Crippen LogP contribution in [0.15, 0.2) is 11.1 Å². The summed E-state index contributed by atoms with van der Waals surface area (Å²) in [5.41, 5.74) is 0.826. The van der Waals surface area contributed by atoms with E-state index in [2.05, 4.69) is 10.1 Å². The molecule has 0 unspecified atom stereocenters. The molecule has 0 aliphatic carbocycles. The molecule has 0 aromatic carbocycles. The van der Waals surface area contributed by atoms with Crippen LogP contribution in [-0.2, 0) is 24.8 Å². The van der Waals surface area contributed by atoms with Crippen molar-refractivity contribution in [2.45, 2.75) is 32.5 Å². The molecule has 0 spiro atoms. The number of hydrogen-bond donors (Lipinski definition) is 0. The van der Waals surface area contributed by atoms with Crippen molar-refractivity contribution in [3.05, 3.63) is 27.1 Å². The first-order valence-electron chi connectivity index (χ1n) is 6.45. The van der Waals surface area contributed by atoms with Crippen molar-refractivity contribution in [2.24, 2.45) is 7.05 Å². The predicted molar refractivity (Wildman–Crippen MR) is 76.2 cm³/mol. The lowest BCUT2D eigenvalue weighted by Crippen LogP contribution is -2.31. The normalized spacial score (nSPS) is 17.8. The lowest BCUT2D eigenvalue weighted by Gasteiger charge is -2.29. The molecule has 3 aromatic rings. The Morgan fingerprint density at radius 3 is 3.05 bits per heavy atom. The van der Waals surface area contributed by atoms with Gasteiger partial charge in [-0.2, -0.15) is 5.10 Å². The minimum atomic E-state index is -0.234. The zero-order valence-electron chi connectivity index (χ0n) is 11.5. The average molecular weight is 290 g/mol. The fraction of sp³-hybridized carbons (Fsp3) is 0.462. The molecule has 20 heavy (non-hydrogen) atoms. The lowest BCUT2D eigenvalue weighted by molar-refractivity contribution is -0.0379. The minimum absolute atomic E-state index is 0.0340. The van der Waals surface area contributed by atoms with Crippen LogP contribution in [0.5, 0.6) is 0 Å². The highest BCUT2D eigenvalue weighted by Crippen LogP contribution is 2.36. The molecule has 0 amide bonds. The Kier molecular flexibility index (Phi) is 2.21. The number of hydrogen-bond acceptors (Lipinski definition) is 5. The summed E-state index contributed by atoms with van der Waals surface area (Å²) in [6.07, 6.45) is 2.27. The number of aromatic nitrogens is 4. The quantitative estimate of drug-likeness (QED) is 0.629. The number of nitrogens with zero attached hydrogens (tertiary/aromatic N) is 4. The number of thiophene rings is 1. The second kappa shape index (κ2) is 3.67. The molecule has 104 valence electrons. The van der Waals surface area contributed by atoms with E-state index in [9.17, 15) is 4.79 Å². The standard InChI is InChI=1S/C13H14N4O2S/c1-13(2)4-7-8(5-19-13)20-10-9(7)11(18)17-6-14-16(3)12(17)15-10/h6H,4-5H2,1-3H3. The van der Waals surface area contributed by atoms with Gasteiger partial charge in [0.25, 0.3) is 5.56 Å². The molecular formula is C13H14N4O2S. The Hall–Kier alpha value is -1.73. The van der Waals surface area contributed by atoms with Gasteiger partial charge in [0.1, 0.15) is 11.2 Å². The molecule has 3 aromatic heterocycles. The third kappa shape index (κ3) is 1.50. The molecule has 1 aliphatic rings. The van der Waals surface area contributed by atoms with Crippen LogP contribution in [-0.4, -0.2) is 24.8 Å². The van der Waals surface area contributed by atoms with Gasteiger partial charge in [0, 0.05) is 18.3 Å². The maximum absolute atomic E-state index is 12.7. The maximum Gasteiger partial charge on any atom is 0.269 e. The Labute approximate surface area is 118 Å². The Balaban J connectivity index is 2.12. The molecule has 7 heteroatoms. The van der Waals surface area contributed by atoms with Crippen molar-refractivity contribution in [1.29, 1.82) is 0 Å². The van der Waals surface area contributed by atoms with Gasteiger partial charge >= 0.3 is 0 Å². The first kappa shape index (κ1) is 12.0. The SMILES string of the molecule is Cn1ncn2c(=O)c3c4c(sc3nc12)COC(C)(C)C4. The van der Waals surface area contributed by atoms with Crippen molar-refractivity contribution in [1.82, 2.24) is 19.2 Å². The summed E-state index contributed by atoms with van der Waals surface area (Å²) in [5.74, 6) is 0.571. The average Bonchev–Trinajstić information content (AvgIpc) is 2.91. The van der Waals surface area contributed by atoms with Gasteiger partial charge in [0.15, 0.2) is 0 Å². The monoisotopic (exact) mass is 290 g/mol. The van der Waals surface area contributed by atoms with Crippen molar-refractivity contribution < 1.29 is 4.74 Å². The Bertz CT molecular complexity index is 903. The third-order valence-corrected chi connectivity index (χ3v) is 4.85. The largest absolute Gasteiger partial charge is 0.370 e. The number of rotatable bonds is 0. The Morgan fingerprint density at radius 1 is 1.45 bits per heavy atom. The predicted octanol–water partition coefficient (Wildman–Crippen LogP) is 1.49. The van der Waals surface area contributed by atoms with Crippen LogP contribution in [0.3, 0.4) is 0 Å². The lowest BCUT2D eigenvalue weighted by atomic mass is 9.94. The molecule has 4 rings (SSSR count). The van der Waals surface area contributed by atoms with E-state index < -0.39 is 0 Å². The number of ether oxygens (including phenoxy) is 1. The van der Waals surface area contributed by atoms with E-state index in [-0.39, 0.29) is 11.2 Å². The molecule has 0 N–H and O–H groups in total. The molecule has 1 aliphatic heterocycles. The topological polar surface area (TPSA) is 61.4 Å². The second-order valence-corrected chi connectivity index (χ2v) is 6.83. The summed E-state index contributed by atoms with van der Waals surface area (Å²) < 4.78 is 8.94. The van der Waals surface area contributed by atoms with E-state index in [1.165, 1.54) is 10.7 Å². The minimum Gasteiger partial charge on any atom is -0.370 e. The van der Waals surface area contributed by atoms with E-state index >= 15 is 0 Å². The molecular weight excluding hydrogens is 276 g/mol. The van der Waals surface area contributed by atoms with Crippen LogP contribution in [0.25, 0.3) is 16.0 Å². The summed E-state index contributed by atoms with van der Waals surface area (Å²) in [4.78, 5) is 19.2. The zero-order chi connectivity index (χ0) is 14.1. The zero-order valence-corrected chi connectivity index (χ0v) is 12.3. The molecule has 0 saturated carbocycles. The van der Waals surface area contributed by atoms with Crippen molar-refractivity contribution in [3.63, 3.8) is 0 Å². The first-order valence-corrected chi connectivity index (χ1v) is 7.26. The van der Waals surface area contributed by atoms with Crippen LogP contribution < -0.4 is 5.56 Å². The Morgan fingerprint density at radius 2 is 2.25 bits per heavy atom. The smallest absolute Gasteiger partial charge is 0.269 e. The van der Waals surface area contributed by atoms with Crippen LogP contribution in [0, 0.1) is 0 Å². The van der Waals surface area contributed by atoms with Crippen LogP contribution in [0.4, 0.5) is 0 Å². The molecule has 0 radical (unpaired) electrons. The molecule has 4 heterocycles. The van der Waals surface area contributed by atoms with Gasteiger partial charge in [0.05, 0.1) is 17.6 Å². The van der Waals surface area contributed by atoms with Gasteiger partial charge in [-0.15, -0.1) is 11.3 Å². The van der Waals surface area contributed by atoms with E-state index in [1.54, 1.807) is 23.1 Å². The van der Waals surface area contributed by atoms with Crippen LogP contribution >= 0.6 is 11.3 Å². The summed E-state index contributed by atoms with van der Waals surface area (Å²) in [7, 11) is 1.79. The third-order valence-electron chi connectivity index (χ3n) is 3.75. The van der Waals surface area contributed by atoms with Crippen LogP contribution in [0.1, 0.15) is 24.3 Å². The molecule has 0 bridgehead atoms. The highest BCUT2D eigenvalue weighted by molar-refractivity contribution is 7.18. The van der Waals surface area contributed by atoms with Gasteiger partial charge in [0.2, 0.25) is 5.78 Å². The highest BCUT2D eigenvalue weighted by Gasteiger charge is 2.31. The van der Waals surface area contributed by atoms with Crippen molar-refractivity contribution in [2.75, 3.05) is 0 Å². The van der Waals surface area contributed by atoms with Crippen molar-refractivity contribution >= 4 is 27.3 Å². The van der Waals surface area contributed by atoms with E-state index in [1.807, 2.05) is 13.8 Å².